The number of anilines is 1. The van der Waals surface area contributed by atoms with Gasteiger partial charge in [0.25, 0.3) is 0 Å². The smallest absolute Gasteiger partial charge is 0.240 e. The highest BCUT2D eigenvalue weighted by molar-refractivity contribution is 5.25. The van der Waals surface area contributed by atoms with Crippen molar-refractivity contribution in [2.24, 2.45) is 0 Å². The number of tetrazole rings is 1. The van der Waals surface area contributed by atoms with Gasteiger partial charge in [-0.05, 0) is 34.9 Å². The van der Waals surface area contributed by atoms with Gasteiger partial charge in [0, 0.05) is 0 Å². The van der Waals surface area contributed by atoms with Crippen molar-refractivity contribution in [2.45, 2.75) is 19.9 Å². The van der Waals surface area contributed by atoms with Gasteiger partial charge in [-0.3, -0.25) is 0 Å². The highest BCUT2D eigenvalue weighted by Crippen LogP contribution is 2.08. The summed E-state index contributed by atoms with van der Waals surface area (Å²) in [5, 5.41) is 10.9. The van der Waals surface area contributed by atoms with E-state index in [2.05, 4.69) is 34.6 Å². The van der Waals surface area contributed by atoms with Gasteiger partial charge in [0.1, 0.15) is 0 Å². The first-order chi connectivity index (χ1) is 7.27. The lowest BCUT2D eigenvalue weighted by molar-refractivity contribution is 0.594. The van der Waals surface area contributed by atoms with Crippen LogP contribution in [-0.2, 0) is 13.0 Å². The van der Waals surface area contributed by atoms with Crippen LogP contribution in [0.5, 0.6) is 0 Å². The van der Waals surface area contributed by atoms with Crippen LogP contribution in [0.4, 0.5) is 5.95 Å². The van der Waals surface area contributed by atoms with Crippen LogP contribution in [0.3, 0.4) is 0 Å². The Morgan fingerprint density at radius 1 is 1.33 bits per heavy atom. The monoisotopic (exact) mass is 203 g/mol. The Kier molecular flexibility index (Phi) is 2.62. The van der Waals surface area contributed by atoms with Gasteiger partial charge in [0.2, 0.25) is 5.95 Å². The van der Waals surface area contributed by atoms with Crippen LogP contribution in [0.1, 0.15) is 11.1 Å². The normalized spacial score (nSPS) is 10.5. The number of aryl methyl sites for hydroxylation is 3. The molecule has 0 radical (unpaired) electrons. The predicted molar refractivity (Wildman–Crippen MR) is 57.1 cm³/mol. The van der Waals surface area contributed by atoms with Crippen molar-refractivity contribution >= 4 is 5.95 Å². The summed E-state index contributed by atoms with van der Waals surface area (Å²) in [6.07, 6.45) is 0.891. The molecule has 0 amide bonds. The van der Waals surface area contributed by atoms with Gasteiger partial charge in [0.15, 0.2) is 0 Å². The Bertz CT molecular complexity index is 449. The van der Waals surface area contributed by atoms with Gasteiger partial charge >= 0.3 is 0 Å². The maximum Gasteiger partial charge on any atom is 0.240 e. The van der Waals surface area contributed by atoms with E-state index in [0.29, 0.717) is 12.5 Å². The lowest BCUT2D eigenvalue weighted by Gasteiger charge is -2.05. The SMILES string of the molecule is Cc1ccccc1CCn1nnnc1N. The highest BCUT2D eigenvalue weighted by Gasteiger charge is 2.02. The van der Waals surface area contributed by atoms with E-state index in [4.69, 9.17) is 5.73 Å². The molecule has 0 spiro atoms. The van der Waals surface area contributed by atoms with E-state index >= 15 is 0 Å². The number of aromatic nitrogens is 4. The average molecular weight is 203 g/mol. The molecule has 1 aromatic carbocycles. The van der Waals surface area contributed by atoms with Crippen LogP contribution in [0.25, 0.3) is 0 Å². The second kappa shape index (κ2) is 4.08. The van der Waals surface area contributed by atoms with Crippen molar-refractivity contribution in [3.63, 3.8) is 0 Å². The van der Waals surface area contributed by atoms with Crippen LogP contribution in [0.15, 0.2) is 24.3 Å². The van der Waals surface area contributed by atoms with Crippen molar-refractivity contribution in [1.82, 2.24) is 20.2 Å². The van der Waals surface area contributed by atoms with Crippen LogP contribution < -0.4 is 5.73 Å². The van der Waals surface area contributed by atoms with Crippen LogP contribution >= 0.6 is 0 Å². The molecule has 2 aromatic rings. The molecule has 5 nitrogen and oxygen atoms in total. The third kappa shape index (κ3) is 2.12. The first-order valence-corrected chi connectivity index (χ1v) is 4.83. The molecule has 0 fully saturated rings. The van der Waals surface area contributed by atoms with E-state index in [1.165, 1.54) is 11.1 Å². The fourth-order valence-electron chi connectivity index (χ4n) is 1.49. The van der Waals surface area contributed by atoms with Crippen LogP contribution in [0, 0.1) is 6.92 Å². The second-order valence-electron chi connectivity index (χ2n) is 3.44. The van der Waals surface area contributed by atoms with E-state index < -0.39 is 0 Å². The summed E-state index contributed by atoms with van der Waals surface area (Å²) in [4.78, 5) is 0. The highest BCUT2D eigenvalue weighted by atomic mass is 15.6. The summed E-state index contributed by atoms with van der Waals surface area (Å²) in [5.41, 5.74) is 8.15. The summed E-state index contributed by atoms with van der Waals surface area (Å²) in [6.45, 7) is 2.81. The number of nitrogen functional groups attached to an aromatic ring is 1. The van der Waals surface area contributed by atoms with Crippen molar-refractivity contribution in [1.29, 1.82) is 0 Å². The first-order valence-electron chi connectivity index (χ1n) is 4.83. The zero-order chi connectivity index (χ0) is 10.7. The number of benzene rings is 1. The molecule has 2 rings (SSSR count). The lowest BCUT2D eigenvalue weighted by atomic mass is 10.1. The van der Waals surface area contributed by atoms with Gasteiger partial charge in [-0.25, -0.2) is 4.68 Å². The molecule has 0 atom stereocenters. The lowest BCUT2D eigenvalue weighted by Crippen LogP contribution is -2.08. The van der Waals surface area contributed by atoms with E-state index in [9.17, 15) is 0 Å². The Hall–Kier alpha value is -1.91. The van der Waals surface area contributed by atoms with Gasteiger partial charge in [0.05, 0.1) is 6.54 Å². The Labute approximate surface area is 87.9 Å². The molecule has 0 aliphatic rings. The second-order valence-corrected chi connectivity index (χ2v) is 3.44. The number of hydrogen-bond acceptors (Lipinski definition) is 4. The van der Waals surface area contributed by atoms with Crippen molar-refractivity contribution < 1.29 is 0 Å². The molecule has 15 heavy (non-hydrogen) atoms. The van der Waals surface area contributed by atoms with Crippen molar-refractivity contribution in [3.8, 4) is 0 Å². The average Bonchev–Trinajstić information content (AvgIpc) is 2.63. The Balaban J connectivity index is 2.06. The van der Waals surface area contributed by atoms with Crippen LogP contribution in [0.2, 0.25) is 0 Å². The first kappa shape index (κ1) is 9.64. The molecule has 0 saturated heterocycles. The number of nitrogens with zero attached hydrogens (tertiary/aromatic N) is 4. The molecular weight excluding hydrogens is 190 g/mol. The summed E-state index contributed by atoms with van der Waals surface area (Å²) in [5.74, 6) is 0.364. The van der Waals surface area contributed by atoms with E-state index in [0.717, 1.165) is 6.42 Å². The Morgan fingerprint density at radius 3 is 2.80 bits per heavy atom. The van der Waals surface area contributed by atoms with Crippen molar-refractivity contribution in [3.05, 3.63) is 35.4 Å². The topological polar surface area (TPSA) is 69.6 Å². The molecule has 1 aromatic heterocycles. The van der Waals surface area contributed by atoms with Gasteiger partial charge in [-0.2, -0.15) is 0 Å². The summed E-state index contributed by atoms with van der Waals surface area (Å²) < 4.78 is 1.60. The summed E-state index contributed by atoms with van der Waals surface area (Å²) >= 11 is 0. The molecule has 0 unspecified atom stereocenters. The number of nitrogens with two attached hydrogens (primary N) is 1. The van der Waals surface area contributed by atoms with Gasteiger partial charge < -0.3 is 5.73 Å². The minimum absolute atomic E-state index is 0.364. The van der Waals surface area contributed by atoms with Gasteiger partial charge in [-0.1, -0.05) is 29.4 Å². The molecule has 0 aliphatic heterocycles. The molecule has 0 aliphatic carbocycles. The van der Waals surface area contributed by atoms with Crippen molar-refractivity contribution in [2.75, 3.05) is 5.73 Å². The van der Waals surface area contributed by atoms with Crippen LogP contribution in [-0.4, -0.2) is 20.2 Å². The number of rotatable bonds is 3. The molecule has 78 valence electrons. The minimum atomic E-state index is 0.364. The zero-order valence-electron chi connectivity index (χ0n) is 8.59. The van der Waals surface area contributed by atoms with E-state index in [-0.39, 0.29) is 0 Å². The quantitative estimate of drug-likeness (QED) is 0.801. The van der Waals surface area contributed by atoms with Gasteiger partial charge in [-0.15, -0.1) is 0 Å². The molecule has 0 bridgehead atoms. The summed E-state index contributed by atoms with van der Waals surface area (Å²) in [6, 6.07) is 8.27. The molecular formula is C10H13N5. The molecule has 2 N–H and O–H groups in total. The largest absolute Gasteiger partial charge is 0.367 e. The standard InChI is InChI=1S/C10H13N5/c1-8-4-2-3-5-9(8)6-7-15-10(11)12-13-14-15/h2-5H,6-7H2,1H3,(H2,11,12,14). The van der Waals surface area contributed by atoms with E-state index in [1.54, 1.807) is 4.68 Å². The molecule has 5 heteroatoms. The number of hydrogen-bond donors (Lipinski definition) is 1. The third-order valence-corrected chi connectivity index (χ3v) is 2.41. The van der Waals surface area contributed by atoms with E-state index in [1.807, 2.05) is 12.1 Å². The maximum absolute atomic E-state index is 5.57. The fraction of sp³-hybridized carbons (Fsp3) is 0.300. The Morgan fingerprint density at radius 2 is 2.13 bits per heavy atom. The zero-order valence-corrected chi connectivity index (χ0v) is 8.59. The molecule has 1 heterocycles. The molecule has 0 saturated carbocycles. The fourth-order valence-corrected chi connectivity index (χ4v) is 1.49. The summed E-state index contributed by atoms with van der Waals surface area (Å²) in [7, 11) is 0. The third-order valence-electron chi connectivity index (χ3n) is 2.41. The predicted octanol–water partition coefficient (Wildman–Crippen LogP) is 0.806. The minimum Gasteiger partial charge on any atom is -0.367 e. The maximum atomic E-state index is 5.57.